The van der Waals surface area contributed by atoms with Gasteiger partial charge in [0.25, 0.3) is 11.5 Å². The van der Waals surface area contributed by atoms with Crippen molar-refractivity contribution in [1.29, 1.82) is 0 Å². The maximum absolute atomic E-state index is 13.2. The summed E-state index contributed by atoms with van der Waals surface area (Å²) in [5.41, 5.74) is 0.959. The van der Waals surface area contributed by atoms with Crippen molar-refractivity contribution in [2.45, 2.75) is 38.1 Å². The second kappa shape index (κ2) is 9.74. The summed E-state index contributed by atoms with van der Waals surface area (Å²) >= 11 is 15.4. The summed E-state index contributed by atoms with van der Waals surface area (Å²) in [5.74, 6) is 5.38. The van der Waals surface area contributed by atoms with Gasteiger partial charge in [0.1, 0.15) is 9.57 Å². The Bertz CT molecular complexity index is 1310. The van der Waals surface area contributed by atoms with E-state index in [2.05, 4.69) is 18.7 Å². The molecule has 2 aliphatic rings. The molecule has 0 atom stereocenters. The van der Waals surface area contributed by atoms with Gasteiger partial charge in [0.2, 0.25) is 0 Å². The number of unbranched alkanes of at least 4 members (excludes halogenated alkanes) is 1. The molecule has 0 bridgehead atoms. The highest BCUT2D eigenvalue weighted by Gasteiger charge is 2.32. The standard InChI is InChI=1S/C21H21ClN4O2S4/c1-3-5-10-25-18(27)15(31-20(25)17-19(28)26(23)21(29)32-17)8-9-16-24(4-2)13-11-12(22)6-7-14(13)30-16/h6-9,11H,3-5,10,23H2,1-2H3/b15-8?,16-9+,20-17?. The molecule has 11 heteroatoms. The predicted molar refractivity (Wildman–Crippen MR) is 140 cm³/mol. The van der Waals surface area contributed by atoms with Gasteiger partial charge in [-0.25, -0.2) is 10.9 Å². The maximum Gasteiger partial charge on any atom is 0.283 e. The van der Waals surface area contributed by atoms with E-state index in [1.807, 2.05) is 30.4 Å². The van der Waals surface area contributed by atoms with Gasteiger partial charge in [-0.15, -0.1) is 11.3 Å². The zero-order chi connectivity index (χ0) is 23.0. The number of hydrogen-bond acceptors (Lipinski definition) is 8. The Labute approximate surface area is 208 Å². The van der Waals surface area contributed by atoms with Crippen LogP contribution >= 0.6 is 58.7 Å². The zero-order valence-electron chi connectivity index (χ0n) is 17.5. The summed E-state index contributed by atoms with van der Waals surface area (Å²) < 4.78 is 3.14. The summed E-state index contributed by atoms with van der Waals surface area (Å²) in [6.07, 6.45) is 5.56. The quantitative estimate of drug-likeness (QED) is 0.365. The Morgan fingerprint density at radius 1 is 1.19 bits per heavy atom. The third-order valence-corrected chi connectivity index (χ3v) is 9.06. The van der Waals surface area contributed by atoms with E-state index < -0.39 is 0 Å². The SMILES string of the molecule is CCCCn1c(=C2SC(=S)N(N)C2=O)sc(=C/C=C2/Sc3ccc(Cl)cc3N2CC)c1=O. The smallest absolute Gasteiger partial charge is 0.283 e. The van der Waals surface area contributed by atoms with Gasteiger partial charge >= 0.3 is 0 Å². The highest BCUT2D eigenvalue weighted by Crippen LogP contribution is 2.46. The van der Waals surface area contributed by atoms with Gasteiger partial charge in [-0.05, 0) is 55.5 Å². The number of carbonyl (C=O) groups is 1. The molecule has 2 N–H and O–H groups in total. The predicted octanol–water partition coefficient (Wildman–Crippen LogP) is 3.46. The van der Waals surface area contributed by atoms with Crippen LogP contribution in [0.1, 0.15) is 26.7 Å². The van der Waals surface area contributed by atoms with Crippen LogP contribution in [0.15, 0.2) is 39.0 Å². The number of anilines is 1. The summed E-state index contributed by atoms with van der Waals surface area (Å²) in [5, 5.41) is 2.68. The number of hydrogen-bond donors (Lipinski definition) is 1. The van der Waals surface area contributed by atoms with Crippen LogP contribution in [0.2, 0.25) is 5.02 Å². The number of fused-ring (bicyclic) bond motifs is 1. The lowest BCUT2D eigenvalue weighted by Gasteiger charge is -2.17. The number of carbonyl (C=O) groups excluding carboxylic acids is 1. The number of rotatable bonds is 5. The molecule has 2 aromatic rings. The Morgan fingerprint density at radius 2 is 1.97 bits per heavy atom. The van der Waals surface area contributed by atoms with E-state index in [9.17, 15) is 9.59 Å². The first-order valence-corrected chi connectivity index (χ1v) is 13.3. The van der Waals surface area contributed by atoms with E-state index in [0.717, 1.165) is 51.8 Å². The fraction of sp³-hybridized carbons (Fsp3) is 0.286. The van der Waals surface area contributed by atoms with Crippen molar-refractivity contribution in [2.24, 2.45) is 5.84 Å². The van der Waals surface area contributed by atoms with Gasteiger partial charge in [0.15, 0.2) is 4.32 Å². The molecule has 0 spiro atoms. The number of halogens is 1. The Hall–Kier alpha value is -1.56. The molecule has 3 heterocycles. The topological polar surface area (TPSA) is 71.6 Å². The van der Waals surface area contributed by atoms with Crippen LogP contribution in [0.4, 0.5) is 5.69 Å². The molecule has 1 aromatic carbocycles. The zero-order valence-corrected chi connectivity index (χ0v) is 21.5. The van der Waals surface area contributed by atoms with Crippen molar-refractivity contribution in [3.8, 4) is 0 Å². The number of thioether (sulfide) groups is 2. The first-order valence-electron chi connectivity index (χ1n) is 10.1. The highest BCUT2D eigenvalue weighted by atomic mass is 35.5. The molecule has 0 unspecified atom stereocenters. The van der Waals surface area contributed by atoms with Crippen molar-refractivity contribution in [3.05, 3.63) is 53.9 Å². The van der Waals surface area contributed by atoms with Gasteiger partial charge in [-0.1, -0.05) is 48.9 Å². The van der Waals surface area contributed by atoms with Crippen LogP contribution in [0.5, 0.6) is 0 Å². The number of thiazole rings is 1. The molecule has 168 valence electrons. The van der Waals surface area contributed by atoms with Crippen LogP contribution in [-0.2, 0) is 11.3 Å². The molecular weight excluding hydrogens is 504 g/mol. The average Bonchev–Trinajstić information content (AvgIpc) is 3.37. The van der Waals surface area contributed by atoms with E-state index in [4.69, 9.17) is 29.7 Å². The second-order valence-corrected chi connectivity index (χ2v) is 11.3. The molecule has 0 radical (unpaired) electrons. The normalized spacial score (nSPS) is 19.6. The van der Waals surface area contributed by atoms with Gasteiger partial charge < -0.3 is 4.90 Å². The first-order chi connectivity index (χ1) is 15.3. The van der Waals surface area contributed by atoms with Gasteiger partial charge in [0.05, 0.1) is 15.2 Å². The van der Waals surface area contributed by atoms with Crippen LogP contribution in [-0.4, -0.2) is 26.3 Å². The number of benzene rings is 1. The molecule has 4 rings (SSSR count). The molecule has 1 aromatic heterocycles. The van der Waals surface area contributed by atoms with E-state index in [1.54, 1.807) is 16.3 Å². The minimum absolute atomic E-state index is 0.107. The summed E-state index contributed by atoms with van der Waals surface area (Å²) in [6, 6.07) is 5.84. The Kier molecular flexibility index (Phi) is 7.18. The van der Waals surface area contributed by atoms with Crippen LogP contribution in [0, 0.1) is 0 Å². The molecule has 6 nitrogen and oxygen atoms in total. The van der Waals surface area contributed by atoms with Crippen LogP contribution in [0.25, 0.3) is 11.0 Å². The van der Waals surface area contributed by atoms with E-state index in [0.29, 0.717) is 25.7 Å². The van der Waals surface area contributed by atoms with Gasteiger partial charge in [0, 0.05) is 23.0 Å². The third kappa shape index (κ3) is 4.32. The largest absolute Gasteiger partial charge is 0.335 e. The van der Waals surface area contributed by atoms with Crippen molar-refractivity contribution < 1.29 is 4.79 Å². The van der Waals surface area contributed by atoms with Gasteiger partial charge in [-0.3, -0.25) is 14.2 Å². The van der Waals surface area contributed by atoms with Crippen LogP contribution < -0.4 is 25.5 Å². The Morgan fingerprint density at radius 3 is 2.62 bits per heavy atom. The van der Waals surface area contributed by atoms with E-state index >= 15 is 0 Å². The fourth-order valence-electron chi connectivity index (χ4n) is 3.40. The summed E-state index contributed by atoms with van der Waals surface area (Å²) in [4.78, 5) is 29.5. The number of aromatic nitrogens is 1. The molecular formula is C21H21ClN4O2S4. The molecule has 0 aliphatic carbocycles. The second-order valence-electron chi connectivity index (χ2n) is 7.08. The summed E-state index contributed by atoms with van der Waals surface area (Å²) in [6.45, 7) is 5.46. The molecule has 1 fully saturated rings. The minimum atomic E-state index is -0.368. The van der Waals surface area contributed by atoms with Crippen molar-refractivity contribution in [1.82, 2.24) is 9.58 Å². The number of allylic oxidation sites excluding steroid dienone is 1. The highest BCUT2D eigenvalue weighted by molar-refractivity contribution is 8.30. The van der Waals surface area contributed by atoms with Gasteiger partial charge in [-0.2, -0.15) is 0 Å². The molecule has 0 saturated carbocycles. The number of nitrogens with two attached hydrogens (primary N) is 1. The minimum Gasteiger partial charge on any atom is -0.335 e. The lowest BCUT2D eigenvalue weighted by Crippen LogP contribution is -2.36. The number of thiocarbonyl (C=S) groups is 1. The lowest BCUT2D eigenvalue weighted by atomic mass is 10.3. The average molecular weight is 525 g/mol. The first kappa shape index (κ1) is 23.6. The summed E-state index contributed by atoms with van der Waals surface area (Å²) in [7, 11) is 0. The van der Waals surface area contributed by atoms with E-state index in [1.165, 1.54) is 11.3 Å². The number of amides is 1. The van der Waals surface area contributed by atoms with Crippen LogP contribution in [0.3, 0.4) is 0 Å². The molecule has 32 heavy (non-hydrogen) atoms. The maximum atomic E-state index is 13.2. The van der Waals surface area contributed by atoms with Crippen molar-refractivity contribution in [3.63, 3.8) is 0 Å². The van der Waals surface area contributed by atoms with Crippen molar-refractivity contribution >= 4 is 85.6 Å². The fourth-order valence-corrected chi connectivity index (χ4v) is 7.00. The monoisotopic (exact) mass is 524 g/mol. The Balaban J connectivity index is 1.82. The van der Waals surface area contributed by atoms with E-state index in [-0.39, 0.29) is 15.8 Å². The molecule has 1 saturated heterocycles. The molecule has 2 aliphatic heterocycles. The number of nitrogens with zero attached hydrogens (tertiary/aromatic N) is 3. The lowest BCUT2D eigenvalue weighted by molar-refractivity contribution is -0.120. The third-order valence-electron chi connectivity index (χ3n) is 5.02. The molecule has 1 amide bonds. The number of hydrazine groups is 1. The van der Waals surface area contributed by atoms with Crippen molar-refractivity contribution in [2.75, 3.05) is 11.4 Å².